The van der Waals surface area contributed by atoms with Crippen LogP contribution in [0.3, 0.4) is 0 Å². The van der Waals surface area contributed by atoms with Crippen molar-refractivity contribution < 1.29 is 37.3 Å². The molecule has 29 heavy (non-hydrogen) atoms. The van der Waals surface area contributed by atoms with Crippen molar-refractivity contribution in [1.82, 2.24) is 0 Å². The standard InChI is InChI=1S/C14H8Cl2F8N2OS2/c15-10-5-8(6-11(16)12(10)27-14(17,18)19)26-13(28)25-7-1-3-9(4-2-7)29(20,21,22,23)24/h1-6H,(H2,25,26,28). The first-order chi connectivity index (χ1) is 12.8. The monoisotopic (exact) mass is 506 g/mol. The Morgan fingerprint density at radius 1 is 0.862 bits per heavy atom. The van der Waals surface area contributed by atoms with Gasteiger partial charge in [0.1, 0.15) is 4.90 Å². The number of anilines is 2. The molecule has 0 amide bonds. The van der Waals surface area contributed by atoms with Gasteiger partial charge < -0.3 is 15.4 Å². The van der Waals surface area contributed by atoms with Crippen LogP contribution in [-0.2, 0) is 0 Å². The Hall–Kier alpha value is -1.70. The van der Waals surface area contributed by atoms with Gasteiger partial charge in [-0.2, -0.15) is 0 Å². The number of hydrogen-bond donors (Lipinski definition) is 2. The van der Waals surface area contributed by atoms with Crippen molar-refractivity contribution in [3.8, 4) is 5.75 Å². The number of ether oxygens (including phenoxy) is 1. The molecular formula is C14H8Cl2F8N2OS2. The summed E-state index contributed by atoms with van der Waals surface area (Å²) in [5.74, 6) is -0.836. The summed E-state index contributed by atoms with van der Waals surface area (Å²) in [6.45, 7) is 0. The third kappa shape index (κ3) is 6.94. The van der Waals surface area contributed by atoms with E-state index in [1.807, 2.05) is 0 Å². The molecule has 2 aromatic carbocycles. The van der Waals surface area contributed by atoms with E-state index in [0.29, 0.717) is 0 Å². The summed E-state index contributed by atoms with van der Waals surface area (Å²) in [5.41, 5.74) is -0.0435. The number of nitrogens with one attached hydrogen (secondary N) is 2. The van der Waals surface area contributed by atoms with E-state index in [1.165, 1.54) is 0 Å². The lowest BCUT2D eigenvalue weighted by molar-refractivity contribution is -0.274. The second-order valence-electron chi connectivity index (χ2n) is 5.39. The third-order valence-electron chi connectivity index (χ3n) is 3.03. The average molecular weight is 507 g/mol. The minimum Gasteiger partial charge on any atom is -0.403 e. The molecule has 0 aliphatic carbocycles. The Bertz CT molecular complexity index is 927. The lowest BCUT2D eigenvalue weighted by Crippen LogP contribution is -2.20. The minimum atomic E-state index is -9.80. The van der Waals surface area contributed by atoms with Gasteiger partial charge >= 0.3 is 16.6 Å². The summed E-state index contributed by atoms with van der Waals surface area (Å²) >= 11 is 16.3. The van der Waals surface area contributed by atoms with Gasteiger partial charge in [0.05, 0.1) is 10.0 Å². The van der Waals surface area contributed by atoms with Gasteiger partial charge in [-0.3, -0.25) is 0 Å². The lowest BCUT2D eigenvalue weighted by atomic mass is 10.3. The number of rotatable bonds is 4. The number of benzene rings is 2. The molecule has 2 N–H and O–H groups in total. The maximum Gasteiger partial charge on any atom is 0.573 e. The number of thiocarbonyl (C=S) groups is 1. The fraction of sp³-hybridized carbons (Fsp3) is 0.0714. The zero-order valence-corrected chi connectivity index (χ0v) is 16.6. The van der Waals surface area contributed by atoms with Crippen molar-refractivity contribution in [2.24, 2.45) is 0 Å². The van der Waals surface area contributed by atoms with Crippen molar-refractivity contribution in [3.05, 3.63) is 46.4 Å². The number of halogens is 10. The van der Waals surface area contributed by atoms with Crippen molar-refractivity contribution >= 4 is 62.1 Å². The highest BCUT2D eigenvalue weighted by Gasteiger charge is 2.65. The highest BCUT2D eigenvalue weighted by molar-refractivity contribution is 8.45. The molecule has 0 saturated heterocycles. The van der Waals surface area contributed by atoms with E-state index in [1.54, 1.807) is 0 Å². The molecule has 0 bridgehead atoms. The van der Waals surface area contributed by atoms with Crippen LogP contribution in [0.15, 0.2) is 41.3 Å². The quantitative estimate of drug-likeness (QED) is 0.322. The molecule has 2 rings (SSSR count). The molecule has 0 aromatic heterocycles. The van der Waals surface area contributed by atoms with Gasteiger partial charge in [-0.05, 0) is 48.6 Å². The van der Waals surface area contributed by atoms with Crippen LogP contribution in [0.5, 0.6) is 5.75 Å². The van der Waals surface area contributed by atoms with Crippen molar-refractivity contribution in [2.45, 2.75) is 11.3 Å². The highest BCUT2D eigenvalue weighted by Crippen LogP contribution is 3.02. The summed E-state index contributed by atoms with van der Waals surface area (Å²) < 4.78 is 104. The van der Waals surface area contributed by atoms with E-state index < -0.39 is 37.3 Å². The molecule has 0 atom stereocenters. The summed E-state index contributed by atoms with van der Waals surface area (Å²) in [7, 11) is -9.80. The molecule has 0 spiro atoms. The van der Waals surface area contributed by atoms with Gasteiger partial charge in [0, 0.05) is 11.4 Å². The first-order valence-corrected chi connectivity index (χ1v) is 10.1. The van der Waals surface area contributed by atoms with Gasteiger partial charge in [0.25, 0.3) is 0 Å². The smallest absolute Gasteiger partial charge is 0.403 e. The Balaban J connectivity index is 2.12. The van der Waals surface area contributed by atoms with E-state index in [0.717, 1.165) is 24.3 Å². The Labute approximate surface area is 173 Å². The summed E-state index contributed by atoms with van der Waals surface area (Å²) in [6, 6.07) is 3.81. The van der Waals surface area contributed by atoms with E-state index in [9.17, 15) is 32.6 Å². The summed E-state index contributed by atoms with van der Waals surface area (Å²) in [4.78, 5) is -2.08. The fourth-order valence-electron chi connectivity index (χ4n) is 1.93. The van der Waals surface area contributed by atoms with Crippen LogP contribution in [0.4, 0.5) is 44.0 Å². The summed E-state index contributed by atoms with van der Waals surface area (Å²) in [6.07, 6.45) is -5.03. The van der Waals surface area contributed by atoms with E-state index in [2.05, 4.69) is 15.4 Å². The van der Waals surface area contributed by atoms with Gasteiger partial charge in [-0.15, -0.1) is 13.2 Å². The molecule has 0 heterocycles. The molecule has 0 fully saturated rings. The van der Waals surface area contributed by atoms with Crippen LogP contribution < -0.4 is 15.4 Å². The van der Waals surface area contributed by atoms with Gasteiger partial charge in [0.15, 0.2) is 10.9 Å². The number of hydrogen-bond acceptors (Lipinski definition) is 2. The predicted molar refractivity (Wildman–Crippen MR) is 101 cm³/mol. The zero-order valence-electron chi connectivity index (χ0n) is 13.5. The molecular weight excluding hydrogens is 499 g/mol. The summed E-state index contributed by atoms with van der Waals surface area (Å²) in [5, 5.41) is 3.65. The molecule has 162 valence electrons. The molecule has 0 aliphatic heterocycles. The third-order valence-corrected chi connectivity index (χ3v) is 4.96. The Morgan fingerprint density at radius 2 is 1.31 bits per heavy atom. The average Bonchev–Trinajstić information content (AvgIpc) is 2.48. The molecule has 0 unspecified atom stereocenters. The van der Waals surface area contributed by atoms with Crippen LogP contribution in [0.2, 0.25) is 10.0 Å². The Morgan fingerprint density at radius 3 is 1.72 bits per heavy atom. The van der Waals surface area contributed by atoms with Crippen LogP contribution in [-0.4, -0.2) is 11.5 Å². The predicted octanol–water partition coefficient (Wildman–Crippen LogP) is 8.36. The SMILES string of the molecule is FC(F)(F)Oc1c(Cl)cc(NC(=S)Nc2ccc(S(F)(F)(F)(F)F)cc2)cc1Cl. The highest BCUT2D eigenvalue weighted by atomic mass is 35.5. The van der Waals surface area contributed by atoms with Crippen LogP contribution in [0.25, 0.3) is 0 Å². The number of alkyl halides is 3. The topological polar surface area (TPSA) is 33.3 Å². The van der Waals surface area contributed by atoms with Crippen molar-refractivity contribution in [1.29, 1.82) is 0 Å². The minimum absolute atomic E-state index is 0.0238. The van der Waals surface area contributed by atoms with Gasteiger partial charge in [0.2, 0.25) is 0 Å². The first-order valence-electron chi connectivity index (χ1n) is 7.01. The molecule has 0 saturated carbocycles. The molecule has 3 nitrogen and oxygen atoms in total. The molecule has 2 aromatic rings. The molecule has 15 heteroatoms. The maximum atomic E-state index is 12.7. The van der Waals surface area contributed by atoms with Gasteiger partial charge in [-0.25, -0.2) is 0 Å². The second-order valence-corrected chi connectivity index (χ2v) is 9.02. The van der Waals surface area contributed by atoms with Crippen molar-refractivity contribution in [3.63, 3.8) is 0 Å². The van der Waals surface area contributed by atoms with Crippen LogP contribution in [0, 0.1) is 0 Å². The second kappa shape index (κ2) is 6.93. The largest absolute Gasteiger partial charge is 0.573 e. The molecule has 0 aliphatic rings. The van der Waals surface area contributed by atoms with Gasteiger partial charge in [-0.1, -0.05) is 42.6 Å². The van der Waals surface area contributed by atoms with E-state index in [4.69, 9.17) is 35.4 Å². The Kier molecular flexibility index (Phi) is 5.63. The molecule has 0 radical (unpaired) electrons. The normalized spacial score (nSPS) is 14.6. The lowest BCUT2D eigenvalue weighted by Gasteiger charge is -2.40. The van der Waals surface area contributed by atoms with E-state index >= 15 is 0 Å². The van der Waals surface area contributed by atoms with Crippen LogP contribution >= 0.6 is 45.6 Å². The van der Waals surface area contributed by atoms with Crippen molar-refractivity contribution in [2.75, 3.05) is 10.6 Å². The van der Waals surface area contributed by atoms with E-state index in [-0.39, 0.29) is 28.6 Å². The van der Waals surface area contributed by atoms with Crippen LogP contribution in [0.1, 0.15) is 0 Å². The first kappa shape index (κ1) is 23.6. The maximum absolute atomic E-state index is 12.7. The zero-order chi connectivity index (χ0) is 22.3. The fourth-order valence-corrected chi connectivity index (χ4v) is 3.38.